The minimum Gasteiger partial charge on any atom is -0.452 e. The highest BCUT2D eigenvalue weighted by Gasteiger charge is 2.20. The predicted octanol–water partition coefficient (Wildman–Crippen LogP) is 18.3. The number of nitrogens with zero attached hydrogens (tertiary/aromatic N) is 2. The van der Waals surface area contributed by atoms with Crippen molar-refractivity contribution in [3.05, 3.63) is 243 Å². The largest absolute Gasteiger partial charge is 0.452 e. The Kier molecular flexibility index (Phi) is 8.33. The highest BCUT2D eigenvalue weighted by molar-refractivity contribution is 6.20. The molecule has 326 valence electrons. The summed E-state index contributed by atoms with van der Waals surface area (Å²) >= 11 is 0. The van der Waals surface area contributed by atoms with Crippen LogP contribution in [0.3, 0.4) is 0 Å². The second kappa shape index (κ2) is 15.1. The molecule has 0 spiro atoms. The summed E-state index contributed by atoms with van der Waals surface area (Å²) in [6, 6.07) is 87.6. The fraction of sp³-hybridized carbons (Fsp3) is 0. The Bertz CT molecular complexity index is 4580. The monoisotopic (exact) mass is 892 g/mol. The first kappa shape index (κ1) is 38.7. The number of furan rings is 2. The molecule has 0 aliphatic rings. The smallest absolute Gasteiger partial charge is 0.178 e. The standard InChI is InChI=1S/C66H40N2O2/c1-2-13-41(14-3-1)42-27-31-48(32-28-42)67-59-24-7-4-19-51(59)57-39-45(29-35-61(57)67)46-30-36-62-58(40-46)52-20-5-8-25-60(52)68(62)49-18-11-16-44(38-49)43-15-10-17-47(37-43)50-22-12-23-54-56-34-33-55-53-21-6-9-26-63(53)69-65(55)66(56)70-64(50)54/h1-40H. The fourth-order valence-corrected chi connectivity index (χ4v) is 11.3. The summed E-state index contributed by atoms with van der Waals surface area (Å²) in [6.45, 7) is 0. The van der Waals surface area contributed by atoms with Gasteiger partial charge in [-0.25, -0.2) is 0 Å². The summed E-state index contributed by atoms with van der Waals surface area (Å²) in [5.74, 6) is 0. The maximum atomic E-state index is 6.78. The first-order valence-corrected chi connectivity index (χ1v) is 23.9. The molecule has 0 saturated carbocycles. The molecule has 0 radical (unpaired) electrons. The zero-order valence-corrected chi connectivity index (χ0v) is 37.8. The zero-order chi connectivity index (χ0) is 45.9. The summed E-state index contributed by atoms with van der Waals surface area (Å²) in [6.07, 6.45) is 0. The van der Waals surface area contributed by atoms with E-state index in [1.807, 2.05) is 12.1 Å². The van der Waals surface area contributed by atoms with Crippen LogP contribution in [-0.4, -0.2) is 9.13 Å². The molecule has 0 unspecified atom stereocenters. The number of rotatable bonds is 6. The molecule has 15 aromatic rings. The Balaban J connectivity index is 0.804. The van der Waals surface area contributed by atoms with Gasteiger partial charge in [0.15, 0.2) is 11.2 Å². The molecule has 0 saturated heterocycles. The van der Waals surface area contributed by atoms with Gasteiger partial charge < -0.3 is 18.0 Å². The topological polar surface area (TPSA) is 36.1 Å². The first-order valence-electron chi connectivity index (χ1n) is 23.9. The van der Waals surface area contributed by atoms with Crippen LogP contribution in [0.5, 0.6) is 0 Å². The van der Waals surface area contributed by atoms with Crippen molar-refractivity contribution in [2.24, 2.45) is 0 Å². The number of hydrogen-bond acceptors (Lipinski definition) is 2. The average Bonchev–Trinajstić information content (AvgIpc) is 4.19. The Morgan fingerprint density at radius 3 is 1.43 bits per heavy atom. The van der Waals surface area contributed by atoms with Crippen molar-refractivity contribution in [2.45, 2.75) is 0 Å². The minimum absolute atomic E-state index is 0.782. The van der Waals surface area contributed by atoms with Gasteiger partial charge in [-0.2, -0.15) is 0 Å². The average molecular weight is 893 g/mol. The number of para-hydroxylation sites is 4. The molecule has 70 heavy (non-hydrogen) atoms. The van der Waals surface area contributed by atoms with Crippen molar-refractivity contribution in [3.63, 3.8) is 0 Å². The van der Waals surface area contributed by atoms with Gasteiger partial charge >= 0.3 is 0 Å². The summed E-state index contributed by atoms with van der Waals surface area (Å²) in [4.78, 5) is 0. The van der Waals surface area contributed by atoms with E-state index in [9.17, 15) is 0 Å². The summed E-state index contributed by atoms with van der Waals surface area (Å²) < 4.78 is 18.0. The Labute approximate surface area is 402 Å². The van der Waals surface area contributed by atoms with Gasteiger partial charge in [0.25, 0.3) is 0 Å². The Morgan fingerprint density at radius 1 is 0.229 bits per heavy atom. The quantitative estimate of drug-likeness (QED) is 0.167. The van der Waals surface area contributed by atoms with Crippen molar-refractivity contribution in [2.75, 3.05) is 0 Å². The van der Waals surface area contributed by atoms with Gasteiger partial charge in [0.1, 0.15) is 11.2 Å². The molecule has 15 rings (SSSR count). The van der Waals surface area contributed by atoms with Gasteiger partial charge in [-0.1, -0.05) is 158 Å². The number of fused-ring (bicyclic) bond motifs is 13. The molecule has 4 aromatic heterocycles. The van der Waals surface area contributed by atoms with Crippen LogP contribution in [-0.2, 0) is 0 Å². The van der Waals surface area contributed by atoms with Crippen LogP contribution in [0.25, 0.3) is 143 Å². The molecule has 4 heterocycles. The van der Waals surface area contributed by atoms with Crippen molar-refractivity contribution in [3.8, 4) is 55.9 Å². The molecule has 0 fully saturated rings. The molecule has 4 nitrogen and oxygen atoms in total. The van der Waals surface area contributed by atoms with Gasteiger partial charge in [-0.3, -0.25) is 0 Å². The lowest BCUT2D eigenvalue weighted by molar-refractivity contribution is 0.634. The van der Waals surface area contributed by atoms with Crippen LogP contribution in [0.15, 0.2) is 251 Å². The second-order valence-corrected chi connectivity index (χ2v) is 18.4. The fourth-order valence-electron chi connectivity index (χ4n) is 11.3. The molecular weight excluding hydrogens is 853 g/mol. The third-order valence-corrected chi connectivity index (χ3v) is 14.5. The molecule has 0 aliphatic carbocycles. The van der Waals surface area contributed by atoms with E-state index in [1.165, 1.54) is 65.9 Å². The van der Waals surface area contributed by atoms with Crippen molar-refractivity contribution in [1.82, 2.24) is 9.13 Å². The van der Waals surface area contributed by atoms with Gasteiger partial charge in [-0.15, -0.1) is 0 Å². The zero-order valence-electron chi connectivity index (χ0n) is 37.8. The van der Waals surface area contributed by atoms with Crippen molar-refractivity contribution >= 4 is 87.5 Å². The van der Waals surface area contributed by atoms with Gasteiger partial charge in [0.2, 0.25) is 0 Å². The van der Waals surface area contributed by atoms with E-state index in [0.717, 1.165) is 77.5 Å². The maximum absolute atomic E-state index is 6.78. The van der Waals surface area contributed by atoms with Crippen LogP contribution in [0, 0.1) is 0 Å². The van der Waals surface area contributed by atoms with E-state index >= 15 is 0 Å². The van der Waals surface area contributed by atoms with E-state index in [1.54, 1.807) is 0 Å². The maximum Gasteiger partial charge on any atom is 0.178 e. The van der Waals surface area contributed by atoms with Crippen molar-refractivity contribution in [1.29, 1.82) is 0 Å². The number of aromatic nitrogens is 2. The van der Waals surface area contributed by atoms with Gasteiger partial charge in [0, 0.05) is 60.0 Å². The summed E-state index contributed by atoms with van der Waals surface area (Å²) in [5, 5.41) is 9.21. The third kappa shape index (κ3) is 5.84. The lowest BCUT2D eigenvalue weighted by atomic mass is 9.97. The number of benzene rings is 11. The third-order valence-electron chi connectivity index (χ3n) is 14.5. The van der Waals surface area contributed by atoms with E-state index in [0.29, 0.717) is 0 Å². The molecule has 11 aromatic carbocycles. The SMILES string of the molecule is c1ccc(-c2ccc(-n3c4ccccc4c4cc(-c5ccc6c(c5)c5ccccc5n6-c5cccc(-c6cccc(-c7cccc8c7oc7c8ccc8c9ccccc9oc87)c6)c5)ccc43)cc2)cc1. The van der Waals surface area contributed by atoms with Crippen LogP contribution in [0.2, 0.25) is 0 Å². The van der Waals surface area contributed by atoms with E-state index in [2.05, 4.69) is 240 Å². The van der Waals surface area contributed by atoms with Gasteiger partial charge in [0.05, 0.1) is 22.1 Å². The lowest BCUT2D eigenvalue weighted by Gasteiger charge is -2.12. The van der Waals surface area contributed by atoms with E-state index in [4.69, 9.17) is 8.83 Å². The minimum atomic E-state index is 0.782. The van der Waals surface area contributed by atoms with Crippen molar-refractivity contribution < 1.29 is 8.83 Å². The molecule has 0 bridgehead atoms. The van der Waals surface area contributed by atoms with Gasteiger partial charge in [-0.05, 0) is 124 Å². The van der Waals surface area contributed by atoms with Crippen LogP contribution in [0.4, 0.5) is 0 Å². The van der Waals surface area contributed by atoms with Crippen LogP contribution < -0.4 is 0 Å². The Morgan fingerprint density at radius 2 is 0.700 bits per heavy atom. The van der Waals surface area contributed by atoms with Crippen LogP contribution in [0.1, 0.15) is 0 Å². The molecule has 4 heteroatoms. The normalized spacial score (nSPS) is 12.0. The summed E-state index contributed by atoms with van der Waals surface area (Å²) in [5.41, 5.74) is 19.5. The number of hydrogen-bond donors (Lipinski definition) is 0. The highest BCUT2D eigenvalue weighted by atomic mass is 16.4. The molecule has 0 N–H and O–H groups in total. The van der Waals surface area contributed by atoms with E-state index < -0.39 is 0 Å². The lowest BCUT2D eigenvalue weighted by Crippen LogP contribution is -1.94. The van der Waals surface area contributed by atoms with Crippen LogP contribution >= 0.6 is 0 Å². The second-order valence-electron chi connectivity index (χ2n) is 18.4. The molecule has 0 amide bonds. The highest BCUT2D eigenvalue weighted by Crippen LogP contribution is 2.43. The predicted molar refractivity (Wildman–Crippen MR) is 291 cm³/mol. The molecular formula is C66H40N2O2. The van der Waals surface area contributed by atoms with E-state index in [-0.39, 0.29) is 0 Å². The molecule has 0 aliphatic heterocycles. The summed E-state index contributed by atoms with van der Waals surface area (Å²) in [7, 11) is 0. The Hall–Kier alpha value is -9.38. The first-order chi connectivity index (χ1) is 34.7. The molecule has 0 atom stereocenters.